The van der Waals surface area contributed by atoms with Crippen LogP contribution in [0.3, 0.4) is 0 Å². The first-order chi connectivity index (χ1) is 13.3. The number of aromatic hydroxyl groups is 1. The maximum Gasteiger partial charge on any atom is 0.211 e. The summed E-state index contributed by atoms with van der Waals surface area (Å²) in [6.07, 6.45) is 5.91. The molecule has 3 aromatic rings. The van der Waals surface area contributed by atoms with E-state index in [0.717, 1.165) is 51.6 Å². The lowest BCUT2D eigenvalue weighted by Crippen LogP contribution is -2.14. The molecule has 2 heterocycles. The van der Waals surface area contributed by atoms with E-state index in [9.17, 15) is 5.11 Å². The Bertz CT molecular complexity index is 1070. The molecule has 0 aliphatic carbocycles. The molecular weight excluding hydrogens is 354 g/mol. The lowest BCUT2D eigenvalue weighted by atomic mass is 10.1. The van der Waals surface area contributed by atoms with Gasteiger partial charge in [-0.1, -0.05) is 61.1 Å². The van der Waals surface area contributed by atoms with Crippen LogP contribution in [0.4, 0.5) is 11.4 Å². The Labute approximate surface area is 162 Å². The molecule has 1 aliphatic heterocycles. The standard InChI is InChI=1S/C22H21N3OS/c1-2-3-13-25-21(26)20(27-22(25)24-17-9-5-4-6-10-17)14-16-15-23-19-12-8-7-11-18(16)19/h4-12,14-15,26H,2-3,13H2,1H3. The van der Waals surface area contributed by atoms with Crippen molar-refractivity contribution in [2.45, 2.75) is 26.3 Å². The van der Waals surface area contributed by atoms with Crippen molar-refractivity contribution < 1.29 is 5.11 Å². The van der Waals surface area contributed by atoms with Crippen LogP contribution in [0.15, 0.2) is 64.6 Å². The second-order valence-electron chi connectivity index (χ2n) is 6.40. The van der Waals surface area contributed by atoms with E-state index in [4.69, 9.17) is 4.99 Å². The number of hydrogen-bond acceptors (Lipinski definition) is 4. The van der Waals surface area contributed by atoms with Gasteiger partial charge in [-0.25, -0.2) is 4.99 Å². The van der Waals surface area contributed by atoms with Gasteiger partial charge in [0.2, 0.25) is 5.88 Å². The highest BCUT2D eigenvalue weighted by atomic mass is 32.1. The van der Waals surface area contributed by atoms with E-state index in [1.165, 1.54) is 11.3 Å². The van der Waals surface area contributed by atoms with Crippen LogP contribution in [0.2, 0.25) is 0 Å². The summed E-state index contributed by atoms with van der Waals surface area (Å²) in [7, 11) is 0. The fourth-order valence-corrected chi connectivity index (χ4v) is 4.05. The quantitative estimate of drug-likeness (QED) is 0.625. The zero-order valence-corrected chi connectivity index (χ0v) is 16.0. The third-order valence-electron chi connectivity index (χ3n) is 4.47. The molecule has 1 aromatic heterocycles. The van der Waals surface area contributed by atoms with E-state index in [-0.39, 0.29) is 5.88 Å². The zero-order valence-electron chi connectivity index (χ0n) is 15.2. The molecule has 0 bridgehead atoms. The van der Waals surface area contributed by atoms with Gasteiger partial charge in [-0.15, -0.1) is 0 Å². The summed E-state index contributed by atoms with van der Waals surface area (Å²) in [6.45, 7) is 2.89. The van der Waals surface area contributed by atoms with Crippen LogP contribution in [-0.2, 0) is 6.54 Å². The van der Waals surface area contributed by atoms with Crippen LogP contribution in [0.25, 0.3) is 11.6 Å². The fraction of sp³-hybridized carbons (Fsp3) is 0.182. The number of para-hydroxylation sites is 2. The van der Waals surface area contributed by atoms with Gasteiger partial charge >= 0.3 is 0 Å². The summed E-state index contributed by atoms with van der Waals surface area (Å²) in [4.78, 5) is 10.8. The minimum Gasteiger partial charge on any atom is -0.493 e. The highest BCUT2D eigenvalue weighted by molar-refractivity contribution is 7.10. The molecule has 1 N–H and O–H groups in total. The Balaban J connectivity index is 1.80. The predicted molar refractivity (Wildman–Crippen MR) is 113 cm³/mol. The molecule has 4 rings (SSSR count). The maximum atomic E-state index is 10.8. The van der Waals surface area contributed by atoms with E-state index in [2.05, 4.69) is 18.0 Å². The van der Waals surface area contributed by atoms with E-state index in [1.54, 1.807) is 0 Å². The summed E-state index contributed by atoms with van der Waals surface area (Å²) < 4.78 is 1.91. The van der Waals surface area contributed by atoms with Crippen LogP contribution >= 0.6 is 11.3 Å². The Morgan fingerprint density at radius 2 is 1.89 bits per heavy atom. The largest absolute Gasteiger partial charge is 0.493 e. The second-order valence-corrected chi connectivity index (χ2v) is 7.41. The molecule has 5 heteroatoms. The van der Waals surface area contributed by atoms with Crippen molar-refractivity contribution in [3.05, 3.63) is 69.8 Å². The van der Waals surface area contributed by atoms with Gasteiger partial charge in [0.1, 0.15) is 0 Å². The van der Waals surface area contributed by atoms with Crippen molar-refractivity contribution in [3.8, 4) is 5.88 Å². The molecule has 0 saturated heterocycles. The van der Waals surface area contributed by atoms with Crippen LogP contribution < -0.4 is 4.80 Å². The number of allylic oxidation sites excluding steroid dienone is 1. The average molecular weight is 375 g/mol. The van der Waals surface area contributed by atoms with Crippen molar-refractivity contribution in [3.63, 3.8) is 0 Å². The van der Waals surface area contributed by atoms with Crippen molar-refractivity contribution in [2.24, 2.45) is 9.98 Å². The number of nitrogens with zero attached hydrogens (tertiary/aromatic N) is 3. The van der Waals surface area contributed by atoms with Crippen molar-refractivity contribution in [2.75, 3.05) is 0 Å². The molecule has 0 unspecified atom stereocenters. The molecular formula is C22H21N3OS. The summed E-state index contributed by atoms with van der Waals surface area (Å²) in [5, 5.41) is 10.8. The van der Waals surface area contributed by atoms with Gasteiger partial charge in [0.05, 0.1) is 16.3 Å². The molecule has 0 spiro atoms. The molecule has 0 atom stereocenters. The topological polar surface area (TPSA) is 49.9 Å². The first kappa shape index (κ1) is 17.5. The zero-order chi connectivity index (χ0) is 18.6. The highest BCUT2D eigenvalue weighted by Crippen LogP contribution is 2.34. The van der Waals surface area contributed by atoms with E-state index >= 15 is 0 Å². The van der Waals surface area contributed by atoms with Gasteiger partial charge in [-0.05, 0) is 30.7 Å². The lowest BCUT2D eigenvalue weighted by molar-refractivity contribution is 0.406. The molecule has 0 radical (unpaired) electrons. The van der Waals surface area contributed by atoms with Gasteiger partial charge < -0.3 is 5.11 Å². The van der Waals surface area contributed by atoms with Gasteiger partial charge in [0.25, 0.3) is 0 Å². The normalized spacial score (nSPS) is 14.9. The predicted octanol–water partition coefficient (Wildman–Crippen LogP) is 5.54. The van der Waals surface area contributed by atoms with Crippen LogP contribution in [0.5, 0.6) is 5.88 Å². The van der Waals surface area contributed by atoms with Gasteiger partial charge in [0, 0.05) is 23.9 Å². The molecule has 4 nitrogen and oxygen atoms in total. The summed E-state index contributed by atoms with van der Waals surface area (Å²) >= 11 is 1.50. The molecule has 0 fully saturated rings. The first-order valence-corrected chi connectivity index (χ1v) is 9.95. The number of thiazole rings is 1. The number of aliphatic imine (C=N–C) groups is 1. The maximum absolute atomic E-state index is 10.8. The first-order valence-electron chi connectivity index (χ1n) is 9.14. The van der Waals surface area contributed by atoms with Crippen LogP contribution in [0, 0.1) is 0 Å². The molecule has 27 heavy (non-hydrogen) atoms. The summed E-state index contributed by atoms with van der Waals surface area (Å²) in [6, 6.07) is 17.9. The minimum absolute atomic E-state index is 0.272. The monoisotopic (exact) mass is 375 g/mol. The van der Waals surface area contributed by atoms with Crippen molar-refractivity contribution >= 4 is 40.6 Å². The smallest absolute Gasteiger partial charge is 0.211 e. The number of rotatable bonds is 5. The average Bonchev–Trinajstić information content (AvgIpc) is 3.23. The van der Waals surface area contributed by atoms with Gasteiger partial charge in [-0.2, -0.15) is 0 Å². The Morgan fingerprint density at radius 3 is 2.70 bits per heavy atom. The molecule has 0 saturated carbocycles. The molecule has 0 amide bonds. The molecule has 2 aromatic carbocycles. The minimum atomic E-state index is 0.272. The van der Waals surface area contributed by atoms with Crippen LogP contribution in [-0.4, -0.2) is 15.9 Å². The number of benzene rings is 2. The van der Waals surface area contributed by atoms with Crippen LogP contribution in [0.1, 0.15) is 30.2 Å². The number of fused-ring (bicyclic) bond motifs is 1. The van der Waals surface area contributed by atoms with E-state index in [1.807, 2.05) is 65.4 Å². The number of aromatic nitrogens is 1. The third kappa shape index (κ3) is 3.64. The van der Waals surface area contributed by atoms with Gasteiger partial charge in [0.15, 0.2) is 4.80 Å². The number of hydrogen-bond donors (Lipinski definition) is 1. The Hall–Kier alpha value is -2.92. The Morgan fingerprint density at radius 1 is 1.11 bits per heavy atom. The molecule has 136 valence electrons. The molecule has 1 aliphatic rings. The third-order valence-corrected chi connectivity index (χ3v) is 5.48. The lowest BCUT2D eigenvalue weighted by Gasteiger charge is -2.04. The Kier molecular flexibility index (Phi) is 5.03. The SMILES string of the molecule is CCCCn1c(O)c(C=C2C=Nc3ccccc32)sc1=Nc1ccccc1. The highest BCUT2D eigenvalue weighted by Gasteiger charge is 2.15. The summed E-state index contributed by atoms with van der Waals surface area (Å²) in [5.74, 6) is 0.272. The van der Waals surface area contributed by atoms with Crippen molar-refractivity contribution in [1.82, 2.24) is 4.57 Å². The fourth-order valence-electron chi connectivity index (χ4n) is 3.03. The second kappa shape index (κ2) is 7.76. The summed E-state index contributed by atoms with van der Waals surface area (Å²) in [5.41, 5.74) is 3.95. The van der Waals surface area contributed by atoms with Crippen molar-refractivity contribution in [1.29, 1.82) is 0 Å². The van der Waals surface area contributed by atoms with Gasteiger partial charge in [-0.3, -0.25) is 9.56 Å². The number of unbranched alkanes of at least 4 members (excludes halogenated alkanes) is 1. The van der Waals surface area contributed by atoms with E-state index in [0.29, 0.717) is 0 Å². The van der Waals surface area contributed by atoms with E-state index < -0.39 is 0 Å².